The van der Waals surface area contributed by atoms with Crippen LogP contribution in [0.4, 0.5) is 0 Å². The van der Waals surface area contributed by atoms with Gasteiger partial charge in [-0.25, -0.2) is 4.98 Å². The molecule has 0 saturated carbocycles. The molecule has 1 N–H and O–H groups in total. The van der Waals surface area contributed by atoms with Crippen LogP contribution in [0.1, 0.15) is 32.5 Å². The molecule has 0 atom stereocenters. The number of benzene rings is 2. The highest BCUT2D eigenvalue weighted by atomic mass is 35.5. The van der Waals surface area contributed by atoms with Crippen LogP contribution in [0.15, 0.2) is 47.3 Å². The topological polar surface area (TPSA) is 80.4 Å². The van der Waals surface area contributed by atoms with Crippen molar-refractivity contribution in [2.45, 2.75) is 64.5 Å². The summed E-state index contributed by atoms with van der Waals surface area (Å²) >= 11 is 7.24. The van der Waals surface area contributed by atoms with Crippen LogP contribution in [-0.4, -0.2) is 45.1 Å². The predicted octanol–water partition coefficient (Wildman–Crippen LogP) is 5.48. The maximum absolute atomic E-state index is 13.2. The Morgan fingerprint density at radius 3 is 2.61 bits per heavy atom. The van der Waals surface area contributed by atoms with Crippen molar-refractivity contribution < 1.29 is 9.59 Å². The molecule has 0 aliphatic carbocycles. The highest BCUT2D eigenvalue weighted by Crippen LogP contribution is 2.40. The number of halogens is 1. The lowest BCUT2D eigenvalue weighted by molar-refractivity contribution is -0.131. The summed E-state index contributed by atoms with van der Waals surface area (Å²) in [7, 11) is -0.550. The number of hydrogen-bond donors (Lipinski definition) is 1. The van der Waals surface area contributed by atoms with Crippen molar-refractivity contribution in [3.05, 3.63) is 63.0 Å². The summed E-state index contributed by atoms with van der Waals surface area (Å²) in [6.45, 7) is 9.28. The molecule has 0 unspecified atom stereocenters. The van der Waals surface area contributed by atoms with Crippen LogP contribution in [0.2, 0.25) is 23.2 Å². The normalized spacial score (nSPS) is 12.5. The number of carbonyl (C=O) groups excluding carboxylic acids is 1. The van der Waals surface area contributed by atoms with Gasteiger partial charge in [0.05, 0.1) is 27.8 Å². The van der Waals surface area contributed by atoms with Gasteiger partial charge in [-0.15, -0.1) is 0 Å². The molecular formula is C26H33ClN4O3SSi. The SMILES string of the molecule is CN(Cc1nc2ccccc2n1CCCC(C)(C)[Si](C)(C)O)C(=O)Cn1c(=O)sc2ccc(Cl)cc21. The minimum Gasteiger partial charge on any atom is -0.432 e. The van der Waals surface area contributed by atoms with Gasteiger partial charge in [0.25, 0.3) is 0 Å². The Labute approximate surface area is 221 Å². The fourth-order valence-electron chi connectivity index (χ4n) is 4.22. The summed E-state index contributed by atoms with van der Waals surface area (Å²) in [5, 5.41) is 0.425. The van der Waals surface area contributed by atoms with E-state index in [1.807, 2.05) is 37.4 Å². The number of amides is 1. The summed E-state index contributed by atoms with van der Waals surface area (Å²) in [4.78, 5) is 42.6. The van der Waals surface area contributed by atoms with Gasteiger partial charge < -0.3 is 14.3 Å². The van der Waals surface area contributed by atoms with Gasteiger partial charge in [-0.2, -0.15) is 0 Å². The average Bonchev–Trinajstić information content (AvgIpc) is 3.29. The van der Waals surface area contributed by atoms with Crippen LogP contribution in [0.25, 0.3) is 21.3 Å². The summed E-state index contributed by atoms with van der Waals surface area (Å²) in [6.07, 6.45) is 1.80. The van der Waals surface area contributed by atoms with E-state index in [9.17, 15) is 14.4 Å². The number of aryl methyl sites for hydroxylation is 1. The molecule has 36 heavy (non-hydrogen) atoms. The summed E-state index contributed by atoms with van der Waals surface area (Å²) in [5.41, 5.74) is 2.59. The van der Waals surface area contributed by atoms with E-state index < -0.39 is 8.32 Å². The first-order valence-electron chi connectivity index (χ1n) is 12.1. The van der Waals surface area contributed by atoms with Crippen molar-refractivity contribution in [2.75, 3.05) is 7.05 Å². The van der Waals surface area contributed by atoms with Crippen LogP contribution in [0, 0.1) is 0 Å². The monoisotopic (exact) mass is 544 g/mol. The fourth-order valence-corrected chi connectivity index (χ4v) is 6.05. The Morgan fingerprint density at radius 1 is 1.17 bits per heavy atom. The van der Waals surface area contributed by atoms with E-state index >= 15 is 0 Å². The lowest BCUT2D eigenvalue weighted by Gasteiger charge is -2.35. The number of hydrogen-bond acceptors (Lipinski definition) is 5. The van der Waals surface area contributed by atoms with Gasteiger partial charge in [-0.05, 0) is 61.3 Å². The third kappa shape index (κ3) is 5.44. The van der Waals surface area contributed by atoms with E-state index in [1.54, 1.807) is 30.1 Å². The van der Waals surface area contributed by atoms with Crippen LogP contribution >= 0.6 is 22.9 Å². The molecule has 0 radical (unpaired) electrons. The van der Waals surface area contributed by atoms with Crippen LogP contribution in [0.5, 0.6) is 0 Å². The lowest BCUT2D eigenvalue weighted by atomic mass is 10.1. The zero-order valence-corrected chi connectivity index (χ0v) is 24.0. The van der Waals surface area contributed by atoms with Crippen LogP contribution < -0.4 is 4.87 Å². The average molecular weight is 545 g/mol. The summed E-state index contributed by atoms with van der Waals surface area (Å²) in [5.74, 6) is 0.625. The van der Waals surface area contributed by atoms with Crippen molar-refractivity contribution >= 4 is 58.4 Å². The minimum atomic E-state index is -2.29. The fraction of sp³-hybridized carbons (Fsp3) is 0.423. The molecule has 10 heteroatoms. The molecule has 0 bridgehead atoms. The number of rotatable bonds is 9. The van der Waals surface area contributed by atoms with Gasteiger partial charge in [0.15, 0.2) is 8.32 Å². The molecule has 0 saturated heterocycles. The second-order valence-corrected chi connectivity index (χ2v) is 16.4. The molecule has 192 valence electrons. The van der Waals surface area contributed by atoms with Crippen molar-refractivity contribution in [2.24, 2.45) is 0 Å². The van der Waals surface area contributed by atoms with Crippen molar-refractivity contribution in [3.8, 4) is 0 Å². The third-order valence-electron chi connectivity index (χ3n) is 7.30. The van der Waals surface area contributed by atoms with E-state index in [4.69, 9.17) is 16.6 Å². The minimum absolute atomic E-state index is 0.0553. The Kier molecular flexibility index (Phi) is 7.48. The molecule has 0 spiro atoms. The van der Waals surface area contributed by atoms with Crippen molar-refractivity contribution in [1.29, 1.82) is 0 Å². The molecule has 2 aromatic carbocycles. The van der Waals surface area contributed by atoms with E-state index in [0.29, 0.717) is 17.1 Å². The van der Waals surface area contributed by atoms with E-state index in [-0.39, 0.29) is 22.4 Å². The zero-order valence-electron chi connectivity index (χ0n) is 21.4. The lowest BCUT2D eigenvalue weighted by Crippen LogP contribution is -2.39. The maximum atomic E-state index is 13.2. The van der Waals surface area contributed by atoms with Gasteiger partial charge in [-0.3, -0.25) is 14.2 Å². The van der Waals surface area contributed by atoms with Crippen LogP contribution in [-0.2, 0) is 24.4 Å². The first-order chi connectivity index (χ1) is 16.9. The molecule has 4 aromatic rings. The van der Waals surface area contributed by atoms with Crippen molar-refractivity contribution in [1.82, 2.24) is 19.0 Å². The molecule has 7 nitrogen and oxygen atoms in total. The largest absolute Gasteiger partial charge is 0.432 e. The van der Waals surface area contributed by atoms with Gasteiger partial charge >= 0.3 is 4.87 Å². The third-order valence-corrected chi connectivity index (χ3v) is 12.1. The standard InChI is InChI=1S/C26H33ClN4O3SSi/c1-26(2,36(4,5)34)13-8-14-30-20-10-7-6-9-19(20)28-23(30)16-29(3)24(32)17-31-21-15-18(27)11-12-22(21)35-25(31)33/h6-7,9-12,15,34H,8,13-14,16-17H2,1-5H3. The summed E-state index contributed by atoms with van der Waals surface area (Å²) < 4.78 is 4.46. The number of fused-ring (bicyclic) bond motifs is 2. The van der Waals surface area contributed by atoms with Gasteiger partial charge in [0, 0.05) is 18.6 Å². The smallest absolute Gasteiger partial charge is 0.308 e. The van der Waals surface area contributed by atoms with E-state index in [2.05, 4.69) is 18.4 Å². The Morgan fingerprint density at radius 2 is 1.89 bits per heavy atom. The molecule has 2 heterocycles. The summed E-state index contributed by atoms with van der Waals surface area (Å²) in [6, 6.07) is 13.2. The second kappa shape index (κ2) is 10.1. The maximum Gasteiger partial charge on any atom is 0.308 e. The second-order valence-electron chi connectivity index (χ2n) is 10.5. The molecule has 4 rings (SSSR count). The van der Waals surface area contributed by atoms with E-state index in [0.717, 1.165) is 52.3 Å². The number of aromatic nitrogens is 3. The first-order valence-corrected chi connectivity index (χ1v) is 16.2. The molecule has 1 amide bonds. The highest BCUT2D eigenvalue weighted by molar-refractivity contribution is 7.16. The Balaban J connectivity index is 1.53. The number of nitrogens with zero attached hydrogens (tertiary/aromatic N) is 4. The van der Waals surface area contributed by atoms with Crippen LogP contribution in [0.3, 0.4) is 0 Å². The Hall–Kier alpha value is -2.46. The number of imidazole rings is 1. The molecule has 2 aromatic heterocycles. The molecular weight excluding hydrogens is 512 g/mol. The molecule has 0 aliphatic heterocycles. The Bertz CT molecular complexity index is 1470. The van der Waals surface area contributed by atoms with Gasteiger partial charge in [0.2, 0.25) is 5.91 Å². The number of thiazole rings is 1. The number of carbonyl (C=O) groups is 1. The highest BCUT2D eigenvalue weighted by Gasteiger charge is 2.37. The first kappa shape index (κ1) is 26.6. The predicted molar refractivity (Wildman–Crippen MR) is 150 cm³/mol. The van der Waals surface area contributed by atoms with Gasteiger partial charge in [-0.1, -0.05) is 48.9 Å². The molecule has 0 aliphatic rings. The number of para-hydroxylation sites is 2. The van der Waals surface area contributed by atoms with Gasteiger partial charge in [0.1, 0.15) is 12.4 Å². The van der Waals surface area contributed by atoms with Crippen molar-refractivity contribution in [3.63, 3.8) is 0 Å². The number of likely N-dealkylation sites (N-methyl/N-ethyl adjacent to an activating group) is 1. The van der Waals surface area contributed by atoms with E-state index in [1.165, 1.54) is 4.57 Å². The zero-order chi connectivity index (χ0) is 26.3. The molecule has 0 fully saturated rings. The quantitative estimate of drug-likeness (QED) is 0.283.